The quantitative estimate of drug-likeness (QED) is 0.849. The number of amides is 1. The molecule has 1 aliphatic rings. The Kier molecular flexibility index (Phi) is 5.14. The Labute approximate surface area is 133 Å². The number of rotatable bonds is 3. The highest BCUT2D eigenvalue weighted by Crippen LogP contribution is 2.27. The minimum atomic E-state index is -3.96. The van der Waals surface area contributed by atoms with Gasteiger partial charge in [-0.25, -0.2) is 8.42 Å². The lowest BCUT2D eigenvalue weighted by atomic mass is 10.1. The largest absolute Gasteiger partial charge is 0.379 e. The highest BCUT2D eigenvalue weighted by atomic mass is 35.7. The van der Waals surface area contributed by atoms with E-state index in [1.165, 1.54) is 19.1 Å². The van der Waals surface area contributed by atoms with Gasteiger partial charge in [0, 0.05) is 27.9 Å². The Hall–Kier alpha value is -0.820. The first-order valence-corrected chi connectivity index (χ1v) is 9.11. The molecule has 0 saturated carbocycles. The van der Waals surface area contributed by atoms with Crippen LogP contribution in [0.2, 0.25) is 5.02 Å². The third-order valence-electron chi connectivity index (χ3n) is 3.32. The van der Waals surface area contributed by atoms with Crippen LogP contribution < -0.4 is 5.32 Å². The molecule has 0 spiro atoms. The molecule has 1 aromatic carbocycles. The second kappa shape index (κ2) is 6.52. The van der Waals surface area contributed by atoms with Crippen molar-refractivity contribution in [2.45, 2.75) is 30.7 Å². The molecule has 116 valence electrons. The van der Waals surface area contributed by atoms with Crippen molar-refractivity contribution < 1.29 is 17.9 Å². The van der Waals surface area contributed by atoms with Crippen molar-refractivity contribution in [3.05, 3.63) is 28.3 Å². The minimum absolute atomic E-state index is 0.0811. The number of benzene rings is 1. The predicted molar refractivity (Wildman–Crippen MR) is 80.5 cm³/mol. The van der Waals surface area contributed by atoms with Crippen LogP contribution in [0.25, 0.3) is 0 Å². The van der Waals surface area contributed by atoms with E-state index in [4.69, 9.17) is 27.0 Å². The molecular formula is C13H15Cl2NO4S. The van der Waals surface area contributed by atoms with E-state index in [-0.39, 0.29) is 21.5 Å². The predicted octanol–water partition coefficient (Wildman–Crippen LogP) is 2.48. The average Bonchev–Trinajstić information content (AvgIpc) is 2.41. The van der Waals surface area contributed by atoms with Gasteiger partial charge in [-0.05, 0) is 37.5 Å². The fraction of sp³-hybridized carbons (Fsp3) is 0.462. The zero-order valence-corrected chi connectivity index (χ0v) is 13.7. The number of carbonyl (C=O) groups excluding carboxylic acids is 1. The van der Waals surface area contributed by atoms with Crippen LogP contribution in [0, 0.1) is 6.92 Å². The minimum Gasteiger partial charge on any atom is -0.379 e. The summed E-state index contributed by atoms with van der Waals surface area (Å²) in [6.07, 6.45) is 1.70. The Morgan fingerprint density at radius 1 is 1.43 bits per heavy atom. The van der Waals surface area contributed by atoms with E-state index in [0.29, 0.717) is 18.8 Å². The van der Waals surface area contributed by atoms with Crippen LogP contribution >= 0.6 is 22.3 Å². The zero-order chi connectivity index (χ0) is 15.6. The summed E-state index contributed by atoms with van der Waals surface area (Å²) in [5.74, 6) is -0.394. The van der Waals surface area contributed by atoms with Crippen LogP contribution in [0.3, 0.4) is 0 Å². The van der Waals surface area contributed by atoms with Gasteiger partial charge in [-0.1, -0.05) is 11.6 Å². The van der Waals surface area contributed by atoms with E-state index >= 15 is 0 Å². The standard InChI is InChI=1S/C13H15Cl2NO4S/c1-8-11(14)5-9(6-12(8)21(15,18)19)13(17)16-10-3-2-4-20-7-10/h5-6,10H,2-4,7H2,1H3,(H,16,17). The lowest BCUT2D eigenvalue weighted by Gasteiger charge is -2.23. The number of halogens is 2. The van der Waals surface area contributed by atoms with Crippen molar-refractivity contribution in [1.29, 1.82) is 0 Å². The molecule has 1 aromatic rings. The van der Waals surface area contributed by atoms with E-state index < -0.39 is 15.0 Å². The van der Waals surface area contributed by atoms with E-state index in [2.05, 4.69) is 5.32 Å². The first-order chi connectivity index (χ1) is 9.79. The highest BCUT2D eigenvalue weighted by Gasteiger charge is 2.21. The fourth-order valence-electron chi connectivity index (χ4n) is 2.16. The van der Waals surface area contributed by atoms with Gasteiger partial charge in [0.1, 0.15) is 0 Å². The van der Waals surface area contributed by atoms with Crippen molar-refractivity contribution in [3.8, 4) is 0 Å². The lowest BCUT2D eigenvalue weighted by molar-refractivity contribution is 0.0624. The molecule has 0 radical (unpaired) electrons. The number of ether oxygens (including phenoxy) is 1. The maximum atomic E-state index is 12.2. The third-order valence-corrected chi connectivity index (χ3v) is 5.16. The molecule has 8 heteroatoms. The lowest BCUT2D eigenvalue weighted by Crippen LogP contribution is -2.40. The van der Waals surface area contributed by atoms with Crippen LogP contribution in [0.1, 0.15) is 28.8 Å². The van der Waals surface area contributed by atoms with E-state index in [1.54, 1.807) is 0 Å². The molecule has 1 fully saturated rings. The molecule has 1 amide bonds. The molecule has 0 aromatic heterocycles. The SMILES string of the molecule is Cc1c(Cl)cc(C(=O)NC2CCCOC2)cc1S(=O)(=O)Cl. The second-order valence-electron chi connectivity index (χ2n) is 4.91. The first-order valence-electron chi connectivity index (χ1n) is 6.42. The summed E-state index contributed by atoms with van der Waals surface area (Å²) in [5.41, 5.74) is 0.486. The molecule has 21 heavy (non-hydrogen) atoms. The van der Waals surface area contributed by atoms with E-state index in [9.17, 15) is 13.2 Å². The summed E-state index contributed by atoms with van der Waals surface area (Å²) < 4.78 is 28.3. The van der Waals surface area contributed by atoms with Crippen LogP contribution in [0.4, 0.5) is 0 Å². The maximum Gasteiger partial charge on any atom is 0.261 e. The van der Waals surface area contributed by atoms with Gasteiger partial charge < -0.3 is 10.1 Å². The summed E-state index contributed by atoms with van der Waals surface area (Å²) in [6, 6.07) is 2.59. The number of hydrogen-bond acceptors (Lipinski definition) is 4. The zero-order valence-electron chi connectivity index (χ0n) is 11.4. The van der Waals surface area contributed by atoms with Gasteiger partial charge in [0.15, 0.2) is 0 Å². The Bertz CT molecular complexity index is 654. The molecule has 0 aliphatic carbocycles. The van der Waals surface area contributed by atoms with Crippen LogP contribution in [0.15, 0.2) is 17.0 Å². The topological polar surface area (TPSA) is 72.5 Å². The summed E-state index contributed by atoms with van der Waals surface area (Å²) in [5, 5.41) is 2.98. The molecule has 1 aliphatic heterocycles. The van der Waals surface area contributed by atoms with Crippen molar-refractivity contribution in [2.75, 3.05) is 13.2 Å². The highest BCUT2D eigenvalue weighted by molar-refractivity contribution is 8.13. The van der Waals surface area contributed by atoms with Gasteiger partial charge in [-0.2, -0.15) is 0 Å². The van der Waals surface area contributed by atoms with Crippen molar-refractivity contribution in [3.63, 3.8) is 0 Å². The van der Waals surface area contributed by atoms with Crippen LogP contribution in [-0.4, -0.2) is 33.6 Å². The van der Waals surface area contributed by atoms with Gasteiger partial charge in [0.2, 0.25) is 0 Å². The second-order valence-corrected chi connectivity index (χ2v) is 7.85. The summed E-state index contributed by atoms with van der Waals surface area (Å²) in [6.45, 7) is 2.68. The number of hydrogen-bond donors (Lipinski definition) is 1. The smallest absolute Gasteiger partial charge is 0.261 e. The van der Waals surface area contributed by atoms with Gasteiger partial charge in [-0.15, -0.1) is 0 Å². The molecule has 1 N–H and O–H groups in total. The van der Waals surface area contributed by atoms with Gasteiger partial charge >= 0.3 is 0 Å². The Morgan fingerprint density at radius 2 is 2.14 bits per heavy atom. The van der Waals surface area contributed by atoms with Crippen molar-refractivity contribution >= 4 is 37.2 Å². The molecule has 1 saturated heterocycles. The Balaban J connectivity index is 2.27. The van der Waals surface area contributed by atoms with E-state index in [1.807, 2.05) is 0 Å². The van der Waals surface area contributed by atoms with Crippen molar-refractivity contribution in [1.82, 2.24) is 5.32 Å². The fourth-order valence-corrected chi connectivity index (χ4v) is 3.66. The summed E-state index contributed by atoms with van der Waals surface area (Å²) in [7, 11) is 1.40. The van der Waals surface area contributed by atoms with Gasteiger partial charge in [-0.3, -0.25) is 4.79 Å². The molecule has 1 atom stereocenters. The Morgan fingerprint density at radius 3 is 2.71 bits per heavy atom. The van der Waals surface area contributed by atoms with Gasteiger partial charge in [0.05, 0.1) is 17.5 Å². The molecule has 1 unspecified atom stereocenters. The number of nitrogens with one attached hydrogen (secondary N) is 1. The average molecular weight is 352 g/mol. The van der Waals surface area contributed by atoms with E-state index in [0.717, 1.165) is 12.8 Å². The molecule has 0 bridgehead atoms. The summed E-state index contributed by atoms with van der Waals surface area (Å²) in [4.78, 5) is 12.0. The number of carbonyl (C=O) groups is 1. The normalized spacial score (nSPS) is 19.3. The molecule has 2 rings (SSSR count). The van der Waals surface area contributed by atoms with Gasteiger partial charge in [0.25, 0.3) is 15.0 Å². The van der Waals surface area contributed by atoms with Crippen LogP contribution in [-0.2, 0) is 13.8 Å². The third kappa shape index (κ3) is 4.10. The monoisotopic (exact) mass is 351 g/mol. The van der Waals surface area contributed by atoms with Crippen LogP contribution in [0.5, 0.6) is 0 Å². The molecule has 1 heterocycles. The molecule has 5 nitrogen and oxygen atoms in total. The van der Waals surface area contributed by atoms with Crippen molar-refractivity contribution in [2.24, 2.45) is 0 Å². The molecular weight excluding hydrogens is 337 g/mol. The maximum absolute atomic E-state index is 12.2. The summed E-state index contributed by atoms with van der Waals surface area (Å²) >= 11 is 5.98. The first kappa shape index (κ1) is 16.5.